The third-order valence-electron chi connectivity index (χ3n) is 4.71. The van der Waals surface area contributed by atoms with E-state index in [4.69, 9.17) is 9.47 Å². The summed E-state index contributed by atoms with van der Waals surface area (Å²) in [5.41, 5.74) is 2.41. The van der Waals surface area contributed by atoms with Gasteiger partial charge in [-0.05, 0) is 42.7 Å². The van der Waals surface area contributed by atoms with E-state index in [0.717, 1.165) is 24.8 Å². The van der Waals surface area contributed by atoms with Gasteiger partial charge < -0.3 is 20.1 Å². The van der Waals surface area contributed by atoms with Gasteiger partial charge in [-0.25, -0.2) is 4.79 Å². The molecule has 0 radical (unpaired) electrons. The molecule has 2 aromatic rings. The van der Waals surface area contributed by atoms with Crippen molar-refractivity contribution in [1.29, 1.82) is 0 Å². The number of nitrogens with one attached hydrogen (secondary N) is 2. The number of anilines is 2. The first-order valence-electron chi connectivity index (χ1n) is 11.0. The smallest absolute Gasteiger partial charge is 0.338 e. The maximum absolute atomic E-state index is 12.1. The van der Waals surface area contributed by atoms with E-state index in [-0.39, 0.29) is 12.8 Å². The van der Waals surface area contributed by atoms with Crippen molar-refractivity contribution in [2.45, 2.75) is 46.0 Å². The molecule has 176 valence electrons. The number of aryl methyl sites for hydroxylation is 1. The SMILES string of the molecule is CCCCOC(=O)c1cccc(NC(=O)CCC(=O)OCC(=O)Nc2ccccc2CC)c1. The minimum atomic E-state index is -0.655. The van der Waals surface area contributed by atoms with Gasteiger partial charge in [0.2, 0.25) is 5.91 Å². The zero-order valence-corrected chi connectivity index (χ0v) is 19.0. The van der Waals surface area contributed by atoms with Crippen molar-refractivity contribution in [2.75, 3.05) is 23.8 Å². The molecule has 0 fully saturated rings. The molecule has 0 spiro atoms. The predicted octanol–water partition coefficient (Wildman–Crippen LogP) is 4.11. The highest BCUT2D eigenvalue weighted by molar-refractivity contribution is 5.96. The maximum atomic E-state index is 12.1. The van der Waals surface area contributed by atoms with Crippen LogP contribution >= 0.6 is 0 Å². The van der Waals surface area contributed by atoms with Crippen LogP contribution in [0.3, 0.4) is 0 Å². The molecule has 0 saturated carbocycles. The third-order valence-corrected chi connectivity index (χ3v) is 4.71. The lowest BCUT2D eigenvalue weighted by Crippen LogP contribution is -2.22. The van der Waals surface area contributed by atoms with Crippen LogP contribution < -0.4 is 10.6 Å². The molecule has 0 atom stereocenters. The molecule has 2 rings (SSSR count). The lowest BCUT2D eigenvalue weighted by molar-refractivity contribution is -0.147. The van der Waals surface area contributed by atoms with Crippen molar-refractivity contribution in [2.24, 2.45) is 0 Å². The number of carbonyl (C=O) groups is 4. The van der Waals surface area contributed by atoms with E-state index < -0.39 is 30.4 Å². The van der Waals surface area contributed by atoms with E-state index in [1.54, 1.807) is 24.3 Å². The number of esters is 2. The van der Waals surface area contributed by atoms with Crippen molar-refractivity contribution >= 4 is 35.1 Å². The number of hydrogen-bond donors (Lipinski definition) is 2. The Bertz CT molecular complexity index is 973. The standard InChI is InChI=1S/C25H30N2O6/c1-3-5-15-32-25(31)19-10-8-11-20(16-19)26-22(28)13-14-24(30)33-17-23(29)27-21-12-7-6-9-18(21)4-2/h6-12,16H,3-5,13-15,17H2,1-2H3,(H,26,28)(H,27,29). The Kier molecular flexibility index (Phi) is 10.6. The molecule has 0 saturated heterocycles. The summed E-state index contributed by atoms with van der Waals surface area (Å²) in [7, 11) is 0. The molecule has 0 heterocycles. The van der Waals surface area contributed by atoms with Gasteiger partial charge in [0.25, 0.3) is 5.91 Å². The Hall–Kier alpha value is -3.68. The fraction of sp³-hybridized carbons (Fsp3) is 0.360. The largest absolute Gasteiger partial charge is 0.462 e. The zero-order valence-electron chi connectivity index (χ0n) is 19.0. The Morgan fingerprint density at radius 1 is 0.848 bits per heavy atom. The summed E-state index contributed by atoms with van der Waals surface area (Å²) < 4.78 is 10.1. The fourth-order valence-electron chi connectivity index (χ4n) is 2.91. The first-order chi connectivity index (χ1) is 15.9. The monoisotopic (exact) mass is 454 g/mol. The molecule has 0 aliphatic rings. The molecule has 0 aromatic heterocycles. The maximum Gasteiger partial charge on any atom is 0.338 e. The highest BCUT2D eigenvalue weighted by Gasteiger charge is 2.13. The van der Waals surface area contributed by atoms with Gasteiger partial charge >= 0.3 is 11.9 Å². The molecular weight excluding hydrogens is 424 g/mol. The number of unbranched alkanes of at least 4 members (excludes halogenated alkanes) is 1. The summed E-state index contributed by atoms with van der Waals surface area (Å²) in [6.07, 6.45) is 2.16. The first kappa shape index (κ1) is 25.6. The minimum absolute atomic E-state index is 0.121. The summed E-state index contributed by atoms with van der Waals surface area (Å²) in [4.78, 5) is 48.1. The van der Waals surface area contributed by atoms with E-state index in [2.05, 4.69) is 10.6 Å². The van der Waals surface area contributed by atoms with Gasteiger partial charge in [-0.3, -0.25) is 14.4 Å². The summed E-state index contributed by atoms with van der Waals surface area (Å²) >= 11 is 0. The highest BCUT2D eigenvalue weighted by atomic mass is 16.5. The van der Waals surface area contributed by atoms with Crippen LogP contribution in [0, 0.1) is 0 Å². The van der Waals surface area contributed by atoms with Crippen molar-refractivity contribution in [3.05, 3.63) is 59.7 Å². The van der Waals surface area contributed by atoms with E-state index >= 15 is 0 Å². The van der Waals surface area contributed by atoms with Gasteiger partial charge in [0.15, 0.2) is 6.61 Å². The van der Waals surface area contributed by atoms with Crippen molar-refractivity contribution in [3.63, 3.8) is 0 Å². The molecule has 0 aliphatic carbocycles. The number of carbonyl (C=O) groups excluding carboxylic acids is 4. The molecule has 2 amide bonds. The van der Waals surface area contributed by atoms with Gasteiger partial charge in [0, 0.05) is 17.8 Å². The Balaban J connectivity index is 1.73. The van der Waals surface area contributed by atoms with Crippen LogP contribution in [0.1, 0.15) is 55.5 Å². The molecule has 33 heavy (non-hydrogen) atoms. The summed E-state index contributed by atoms with van der Waals surface area (Å²) in [6.45, 7) is 3.89. The zero-order chi connectivity index (χ0) is 24.1. The van der Waals surface area contributed by atoms with Gasteiger partial charge in [-0.15, -0.1) is 0 Å². The number of para-hydroxylation sites is 1. The molecule has 8 nitrogen and oxygen atoms in total. The molecule has 2 N–H and O–H groups in total. The highest BCUT2D eigenvalue weighted by Crippen LogP contribution is 2.15. The fourth-order valence-corrected chi connectivity index (χ4v) is 2.91. The predicted molar refractivity (Wildman–Crippen MR) is 125 cm³/mol. The second kappa shape index (κ2) is 13.7. The topological polar surface area (TPSA) is 111 Å². The minimum Gasteiger partial charge on any atom is -0.462 e. The van der Waals surface area contributed by atoms with Crippen molar-refractivity contribution in [3.8, 4) is 0 Å². The Morgan fingerprint density at radius 3 is 2.39 bits per heavy atom. The number of amides is 2. The van der Waals surface area contributed by atoms with Crippen LogP contribution in [0.25, 0.3) is 0 Å². The van der Waals surface area contributed by atoms with E-state index in [1.165, 1.54) is 6.07 Å². The second-order valence-corrected chi connectivity index (χ2v) is 7.34. The lowest BCUT2D eigenvalue weighted by Gasteiger charge is -2.10. The van der Waals surface area contributed by atoms with Gasteiger partial charge in [-0.2, -0.15) is 0 Å². The van der Waals surface area contributed by atoms with Crippen LogP contribution in [-0.2, 0) is 30.3 Å². The summed E-state index contributed by atoms with van der Waals surface area (Å²) in [5, 5.41) is 5.35. The van der Waals surface area contributed by atoms with E-state index in [0.29, 0.717) is 23.5 Å². The normalized spacial score (nSPS) is 10.2. The van der Waals surface area contributed by atoms with Crippen molar-refractivity contribution in [1.82, 2.24) is 0 Å². The van der Waals surface area contributed by atoms with Crippen molar-refractivity contribution < 1.29 is 28.7 Å². The average molecular weight is 455 g/mol. The van der Waals surface area contributed by atoms with E-state index in [9.17, 15) is 19.2 Å². The third kappa shape index (κ3) is 9.14. The quantitative estimate of drug-likeness (QED) is 0.369. The number of ether oxygens (including phenoxy) is 2. The molecule has 0 unspecified atom stereocenters. The average Bonchev–Trinajstić information content (AvgIpc) is 2.82. The lowest BCUT2D eigenvalue weighted by atomic mass is 10.1. The summed E-state index contributed by atoms with van der Waals surface area (Å²) in [5.74, 6) is -1.97. The summed E-state index contributed by atoms with van der Waals surface area (Å²) in [6, 6.07) is 13.8. The van der Waals surface area contributed by atoms with Gasteiger partial charge in [0.05, 0.1) is 18.6 Å². The van der Waals surface area contributed by atoms with Crippen LogP contribution in [0.5, 0.6) is 0 Å². The molecule has 8 heteroatoms. The molecule has 2 aromatic carbocycles. The van der Waals surface area contributed by atoms with E-state index in [1.807, 2.05) is 32.0 Å². The number of benzene rings is 2. The molecule has 0 bridgehead atoms. The number of hydrogen-bond acceptors (Lipinski definition) is 6. The van der Waals surface area contributed by atoms with Gasteiger partial charge in [-0.1, -0.05) is 44.5 Å². The Labute approximate surface area is 193 Å². The van der Waals surface area contributed by atoms with Crippen LogP contribution in [-0.4, -0.2) is 37.0 Å². The van der Waals surface area contributed by atoms with Crippen LogP contribution in [0.2, 0.25) is 0 Å². The van der Waals surface area contributed by atoms with Crippen LogP contribution in [0.15, 0.2) is 48.5 Å². The molecular formula is C25H30N2O6. The van der Waals surface area contributed by atoms with Crippen LogP contribution in [0.4, 0.5) is 11.4 Å². The molecule has 0 aliphatic heterocycles. The second-order valence-electron chi connectivity index (χ2n) is 7.34. The number of rotatable bonds is 12. The first-order valence-corrected chi connectivity index (χ1v) is 11.0. The van der Waals surface area contributed by atoms with Gasteiger partial charge in [0.1, 0.15) is 0 Å². The Morgan fingerprint density at radius 2 is 1.64 bits per heavy atom.